The van der Waals surface area contributed by atoms with E-state index in [2.05, 4.69) is 5.32 Å². The first-order chi connectivity index (χ1) is 12.8. The summed E-state index contributed by atoms with van der Waals surface area (Å²) < 4.78 is 5.03. The number of imide groups is 1. The van der Waals surface area contributed by atoms with Crippen LogP contribution in [0, 0.1) is 0 Å². The van der Waals surface area contributed by atoms with E-state index in [1.54, 1.807) is 24.3 Å². The summed E-state index contributed by atoms with van der Waals surface area (Å²) in [4.78, 5) is 38.2. The number of rotatable bonds is 4. The maximum atomic E-state index is 12.6. The molecule has 6 nitrogen and oxygen atoms in total. The van der Waals surface area contributed by atoms with Crippen LogP contribution in [0.1, 0.15) is 20.7 Å². The van der Waals surface area contributed by atoms with Crippen molar-refractivity contribution in [1.29, 1.82) is 0 Å². The molecule has 2 aromatic rings. The van der Waals surface area contributed by atoms with Gasteiger partial charge in [-0.2, -0.15) is 0 Å². The number of nitrogens with one attached hydrogen (secondary N) is 1. The molecule has 140 valence electrons. The van der Waals surface area contributed by atoms with Crippen molar-refractivity contribution in [2.24, 2.45) is 0 Å². The van der Waals surface area contributed by atoms with E-state index in [1.807, 2.05) is 0 Å². The second-order valence-corrected chi connectivity index (χ2v) is 6.99. The minimum atomic E-state index is -0.773. The lowest BCUT2D eigenvalue weighted by molar-refractivity contribution is -0.116. The molecule has 3 rings (SSSR count). The number of benzene rings is 2. The summed E-state index contributed by atoms with van der Waals surface area (Å²) in [6, 6.07) is 6.54. The maximum Gasteiger partial charge on any atom is 0.263 e. The topological polar surface area (TPSA) is 75.7 Å². The SMILES string of the molecule is COc1ccc(NC(=O)CN2C(=O)c3c(Cl)c(Cl)c(Cl)c(Cl)c3C2=O)cc1. The fourth-order valence-electron chi connectivity index (χ4n) is 2.56. The predicted octanol–water partition coefficient (Wildman–Crippen LogP) is 4.54. The Kier molecular flexibility index (Phi) is 5.53. The monoisotopic (exact) mass is 446 g/mol. The molecule has 0 bridgehead atoms. The molecular formula is C17H10Cl4N2O4. The highest BCUT2D eigenvalue weighted by molar-refractivity contribution is 6.55. The lowest BCUT2D eigenvalue weighted by atomic mass is 10.1. The van der Waals surface area contributed by atoms with Gasteiger partial charge in [0.15, 0.2) is 0 Å². The molecule has 0 aliphatic carbocycles. The van der Waals surface area contributed by atoms with Crippen LogP contribution in [0.2, 0.25) is 20.1 Å². The van der Waals surface area contributed by atoms with Crippen molar-refractivity contribution in [3.05, 3.63) is 55.5 Å². The van der Waals surface area contributed by atoms with Crippen LogP contribution in [-0.4, -0.2) is 36.3 Å². The Hall–Kier alpha value is -1.99. The largest absolute Gasteiger partial charge is 0.497 e. The van der Waals surface area contributed by atoms with Gasteiger partial charge in [-0.25, -0.2) is 0 Å². The van der Waals surface area contributed by atoms with Crippen LogP contribution in [0.4, 0.5) is 5.69 Å². The Balaban J connectivity index is 1.83. The number of methoxy groups -OCH3 is 1. The number of halogens is 4. The summed E-state index contributed by atoms with van der Waals surface area (Å²) in [6.07, 6.45) is 0. The van der Waals surface area contributed by atoms with Crippen LogP contribution in [0.3, 0.4) is 0 Å². The zero-order chi connectivity index (χ0) is 19.9. The zero-order valence-electron chi connectivity index (χ0n) is 13.6. The smallest absolute Gasteiger partial charge is 0.263 e. The third-order valence-electron chi connectivity index (χ3n) is 3.86. The Bertz CT molecular complexity index is 929. The van der Waals surface area contributed by atoms with Crippen LogP contribution in [-0.2, 0) is 4.79 Å². The first-order valence-corrected chi connectivity index (χ1v) is 8.93. The van der Waals surface area contributed by atoms with Gasteiger partial charge in [0.05, 0.1) is 38.3 Å². The van der Waals surface area contributed by atoms with E-state index in [0.717, 1.165) is 4.90 Å². The molecule has 0 atom stereocenters. The summed E-state index contributed by atoms with van der Waals surface area (Å²) in [5.74, 6) is -1.51. The molecule has 2 aromatic carbocycles. The number of hydrogen-bond donors (Lipinski definition) is 1. The van der Waals surface area contributed by atoms with Crippen molar-refractivity contribution in [2.75, 3.05) is 19.0 Å². The van der Waals surface area contributed by atoms with Gasteiger partial charge in [0.25, 0.3) is 11.8 Å². The minimum Gasteiger partial charge on any atom is -0.497 e. The molecule has 0 aromatic heterocycles. The number of hydrogen-bond acceptors (Lipinski definition) is 4. The highest BCUT2D eigenvalue weighted by atomic mass is 35.5. The van der Waals surface area contributed by atoms with E-state index >= 15 is 0 Å². The third kappa shape index (κ3) is 3.46. The summed E-state index contributed by atoms with van der Waals surface area (Å²) in [5, 5.41) is 1.95. The zero-order valence-corrected chi connectivity index (χ0v) is 16.6. The molecule has 0 fully saturated rings. The van der Waals surface area contributed by atoms with Gasteiger partial charge in [0, 0.05) is 5.69 Å². The van der Waals surface area contributed by atoms with Crippen molar-refractivity contribution in [2.45, 2.75) is 0 Å². The first kappa shape index (κ1) is 19.8. The second-order valence-electron chi connectivity index (χ2n) is 5.48. The molecule has 1 aliphatic heterocycles. The van der Waals surface area contributed by atoms with Crippen molar-refractivity contribution in [3.63, 3.8) is 0 Å². The molecule has 1 aliphatic rings. The van der Waals surface area contributed by atoms with Gasteiger partial charge in [-0.3, -0.25) is 19.3 Å². The molecule has 27 heavy (non-hydrogen) atoms. The fraction of sp³-hybridized carbons (Fsp3) is 0.118. The molecule has 1 N–H and O–H groups in total. The van der Waals surface area contributed by atoms with Crippen LogP contribution in [0.15, 0.2) is 24.3 Å². The minimum absolute atomic E-state index is 0.132. The highest BCUT2D eigenvalue weighted by Crippen LogP contribution is 2.44. The van der Waals surface area contributed by atoms with E-state index in [-0.39, 0.29) is 31.2 Å². The molecule has 10 heteroatoms. The van der Waals surface area contributed by atoms with Crippen LogP contribution >= 0.6 is 46.4 Å². The average Bonchev–Trinajstić information content (AvgIpc) is 2.90. The molecule has 0 unspecified atom stereocenters. The van der Waals surface area contributed by atoms with Gasteiger partial charge in [-0.15, -0.1) is 0 Å². The van der Waals surface area contributed by atoms with Crippen LogP contribution < -0.4 is 10.1 Å². The van der Waals surface area contributed by atoms with Crippen LogP contribution in [0.25, 0.3) is 0 Å². The van der Waals surface area contributed by atoms with Crippen molar-refractivity contribution in [3.8, 4) is 5.75 Å². The van der Waals surface area contributed by atoms with Gasteiger partial charge >= 0.3 is 0 Å². The number of ether oxygens (including phenoxy) is 1. The van der Waals surface area contributed by atoms with Crippen LogP contribution in [0.5, 0.6) is 5.75 Å². The number of anilines is 1. The van der Waals surface area contributed by atoms with E-state index < -0.39 is 24.3 Å². The number of carbonyl (C=O) groups is 3. The fourth-order valence-corrected chi connectivity index (χ4v) is 3.57. The Morgan fingerprint density at radius 1 is 0.926 bits per heavy atom. The average molecular weight is 448 g/mol. The van der Waals surface area contributed by atoms with E-state index in [1.165, 1.54) is 7.11 Å². The van der Waals surface area contributed by atoms with Gasteiger partial charge < -0.3 is 10.1 Å². The summed E-state index contributed by atoms with van der Waals surface area (Å²) >= 11 is 24.0. The lowest BCUT2D eigenvalue weighted by Crippen LogP contribution is -2.37. The first-order valence-electron chi connectivity index (χ1n) is 7.42. The summed E-state index contributed by atoms with van der Waals surface area (Å²) in [7, 11) is 1.52. The second kappa shape index (κ2) is 7.56. The normalized spacial score (nSPS) is 13.0. The van der Waals surface area contributed by atoms with Gasteiger partial charge in [-0.1, -0.05) is 46.4 Å². The quantitative estimate of drug-likeness (QED) is 0.424. The van der Waals surface area contributed by atoms with Gasteiger partial charge in [0.1, 0.15) is 12.3 Å². The Morgan fingerprint density at radius 3 is 1.85 bits per heavy atom. The standard InChI is InChI=1S/C17H10Cl4N2O4/c1-27-8-4-2-7(3-5-8)22-9(24)6-23-16(25)10-11(17(23)26)13(19)15(21)14(20)12(10)18/h2-5H,6H2,1H3,(H,22,24). The van der Waals surface area contributed by atoms with Crippen molar-refractivity contribution in [1.82, 2.24) is 4.90 Å². The molecule has 3 amide bonds. The molecule has 0 radical (unpaired) electrons. The molecule has 0 saturated heterocycles. The van der Waals surface area contributed by atoms with Crippen molar-refractivity contribution < 1.29 is 19.1 Å². The number of fused-ring (bicyclic) bond motifs is 1. The lowest BCUT2D eigenvalue weighted by Gasteiger charge is -2.14. The van der Waals surface area contributed by atoms with E-state index in [0.29, 0.717) is 11.4 Å². The number of carbonyl (C=O) groups excluding carboxylic acids is 3. The Morgan fingerprint density at radius 2 is 1.41 bits per heavy atom. The molecular weight excluding hydrogens is 438 g/mol. The number of amides is 3. The number of nitrogens with zero attached hydrogens (tertiary/aromatic N) is 1. The molecule has 0 spiro atoms. The summed E-state index contributed by atoms with van der Waals surface area (Å²) in [6.45, 7) is -0.528. The van der Waals surface area contributed by atoms with Gasteiger partial charge in [-0.05, 0) is 24.3 Å². The Labute approximate surface area is 173 Å². The van der Waals surface area contributed by atoms with E-state index in [9.17, 15) is 14.4 Å². The molecule has 1 heterocycles. The third-order valence-corrected chi connectivity index (χ3v) is 5.66. The summed E-state index contributed by atoms with van der Waals surface area (Å²) in [5.41, 5.74) is 0.135. The van der Waals surface area contributed by atoms with Gasteiger partial charge in [0.2, 0.25) is 5.91 Å². The predicted molar refractivity (Wildman–Crippen MR) is 103 cm³/mol. The van der Waals surface area contributed by atoms with Crippen molar-refractivity contribution >= 4 is 69.8 Å². The highest BCUT2D eigenvalue weighted by Gasteiger charge is 2.42. The molecule has 0 saturated carbocycles. The maximum absolute atomic E-state index is 12.6. The van der Waals surface area contributed by atoms with E-state index in [4.69, 9.17) is 51.1 Å².